The first kappa shape index (κ1) is 9.00. The Morgan fingerprint density at radius 3 is 2.09 bits per heavy atom. The van der Waals surface area contributed by atoms with Crippen molar-refractivity contribution in [2.45, 2.75) is 19.6 Å². The van der Waals surface area contributed by atoms with E-state index in [9.17, 15) is 8.42 Å². The van der Waals surface area contributed by atoms with E-state index in [4.69, 9.17) is 0 Å². The molecule has 0 atom stereocenters. The van der Waals surface area contributed by atoms with Gasteiger partial charge >= 0.3 is 0 Å². The van der Waals surface area contributed by atoms with E-state index >= 15 is 0 Å². The molecule has 11 heavy (non-hydrogen) atoms. The molecule has 1 rings (SSSR count). The van der Waals surface area contributed by atoms with E-state index in [2.05, 4.69) is 19.6 Å². The van der Waals surface area contributed by atoms with Crippen molar-refractivity contribution in [3.05, 3.63) is 11.3 Å². The summed E-state index contributed by atoms with van der Waals surface area (Å²) in [7, 11) is -4.07. The molecule has 0 bridgehead atoms. The quantitative estimate of drug-likeness (QED) is 0.583. The molecule has 0 aromatic carbocycles. The summed E-state index contributed by atoms with van der Waals surface area (Å²) in [6.45, 7) is 6.54. The lowest BCUT2D eigenvalue weighted by atomic mass is 10.6. The molecule has 0 aromatic rings. The molecule has 0 amide bonds. The van der Waals surface area contributed by atoms with Crippen LogP contribution in [0.5, 0.6) is 0 Å². The maximum absolute atomic E-state index is 11.1. The summed E-state index contributed by atoms with van der Waals surface area (Å²) < 4.78 is 22.1. The zero-order valence-electron chi connectivity index (χ0n) is 7.22. The van der Waals surface area contributed by atoms with E-state index in [1.54, 1.807) is 0 Å². The highest BCUT2D eigenvalue weighted by molar-refractivity contribution is 7.92. The average Bonchev–Trinajstić information content (AvgIpc) is 2.07. The maximum atomic E-state index is 11.1. The highest BCUT2D eigenvalue weighted by Crippen LogP contribution is 2.21. The van der Waals surface area contributed by atoms with Gasteiger partial charge in [-0.3, -0.25) is 0 Å². The minimum Gasteiger partial charge on any atom is -0.228 e. The van der Waals surface area contributed by atoms with E-state index in [0.29, 0.717) is 5.75 Å². The van der Waals surface area contributed by atoms with Crippen molar-refractivity contribution in [2.75, 3.05) is 11.5 Å². The van der Waals surface area contributed by atoms with Crippen molar-refractivity contribution >= 4 is 17.9 Å². The summed E-state index contributed by atoms with van der Waals surface area (Å²) in [5.74, 6) is 0.593. The fraction of sp³-hybridized carbons (Fsp3) is 0.714. The summed E-state index contributed by atoms with van der Waals surface area (Å²) in [5, 5.41) is 1.19. The molecule has 0 spiro atoms. The van der Waals surface area contributed by atoms with Gasteiger partial charge in [-0.25, -0.2) is 8.42 Å². The Balaban J connectivity index is 2.84. The molecular weight excluding hydrogens is 176 g/mol. The Bertz CT molecular complexity index is 282. The Kier molecular flexibility index (Phi) is 2.01. The molecule has 4 heteroatoms. The second-order valence-corrected chi connectivity index (χ2v) is 11.3. The van der Waals surface area contributed by atoms with Gasteiger partial charge in [0.25, 0.3) is 0 Å². The van der Waals surface area contributed by atoms with Gasteiger partial charge in [0.1, 0.15) is 0 Å². The molecule has 0 unspecified atom stereocenters. The number of hydrogen-bond donors (Lipinski definition) is 0. The third kappa shape index (κ3) is 2.17. The molecular formula is C7H14O2SSi. The van der Waals surface area contributed by atoms with Crippen LogP contribution in [-0.2, 0) is 9.84 Å². The van der Waals surface area contributed by atoms with Gasteiger partial charge in [0.2, 0.25) is 0 Å². The Hall–Kier alpha value is -0.0931. The SMILES string of the molecule is C[Si](C)(C)C1=CCS(=O)(=O)C1. The fourth-order valence-corrected chi connectivity index (χ4v) is 5.52. The van der Waals surface area contributed by atoms with E-state index in [-0.39, 0.29) is 5.75 Å². The molecule has 0 saturated heterocycles. The van der Waals surface area contributed by atoms with Crippen LogP contribution in [0.1, 0.15) is 0 Å². The summed E-state index contributed by atoms with van der Waals surface area (Å²) in [6, 6.07) is 0. The highest BCUT2D eigenvalue weighted by atomic mass is 32.2. The molecule has 0 radical (unpaired) electrons. The largest absolute Gasteiger partial charge is 0.228 e. The van der Waals surface area contributed by atoms with E-state index < -0.39 is 17.9 Å². The molecule has 0 N–H and O–H groups in total. The predicted molar refractivity (Wildman–Crippen MR) is 50.1 cm³/mol. The van der Waals surface area contributed by atoms with Gasteiger partial charge in [-0.15, -0.1) is 0 Å². The second-order valence-electron chi connectivity index (χ2n) is 4.03. The highest BCUT2D eigenvalue weighted by Gasteiger charge is 2.28. The topological polar surface area (TPSA) is 34.1 Å². The Labute approximate surface area is 69.2 Å². The smallest absolute Gasteiger partial charge is 0.157 e. The predicted octanol–water partition coefficient (Wildman–Crippen LogP) is 1.22. The summed E-state index contributed by atoms with van der Waals surface area (Å²) >= 11 is 0. The standard InChI is InChI=1S/C7H14O2SSi/c1-11(2,3)7-4-5-10(8,9)6-7/h4H,5-6H2,1-3H3. The van der Waals surface area contributed by atoms with Crippen molar-refractivity contribution in [2.24, 2.45) is 0 Å². The van der Waals surface area contributed by atoms with Gasteiger partial charge in [-0.1, -0.05) is 30.9 Å². The molecule has 0 aromatic heterocycles. The summed E-state index contributed by atoms with van der Waals surface area (Å²) in [4.78, 5) is 0. The lowest BCUT2D eigenvalue weighted by molar-refractivity contribution is 0.603. The molecule has 1 aliphatic rings. The van der Waals surface area contributed by atoms with Crippen LogP contribution < -0.4 is 0 Å². The fourth-order valence-electron chi connectivity index (χ4n) is 1.11. The van der Waals surface area contributed by atoms with Crippen LogP contribution in [0.25, 0.3) is 0 Å². The van der Waals surface area contributed by atoms with Gasteiger partial charge in [0.15, 0.2) is 9.84 Å². The lowest BCUT2D eigenvalue weighted by Crippen LogP contribution is -2.25. The van der Waals surface area contributed by atoms with Crippen LogP contribution in [0.15, 0.2) is 11.3 Å². The van der Waals surface area contributed by atoms with Gasteiger partial charge in [0.05, 0.1) is 19.6 Å². The Morgan fingerprint density at radius 1 is 1.36 bits per heavy atom. The average molecular weight is 190 g/mol. The monoisotopic (exact) mass is 190 g/mol. The minimum atomic E-state index is -2.74. The minimum absolute atomic E-state index is 0.270. The molecule has 0 aliphatic carbocycles. The summed E-state index contributed by atoms with van der Waals surface area (Å²) in [5.41, 5.74) is 0. The molecule has 1 aliphatic heterocycles. The zero-order valence-corrected chi connectivity index (χ0v) is 9.03. The number of rotatable bonds is 1. The van der Waals surface area contributed by atoms with Gasteiger partial charge < -0.3 is 0 Å². The van der Waals surface area contributed by atoms with Crippen LogP contribution >= 0.6 is 0 Å². The molecule has 64 valence electrons. The first-order valence-corrected chi connectivity index (χ1v) is 9.03. The maximum Gasteiger partial charge on any atom is 0.157 e. The second kappa shape index (κ2) is 2.45. The van der Waals surface area contributed by atoms with Crippen molar-refractivity contribution in [3.63, 3.8) is 0 Å². The summed E-state index contributed by atoms with van der Waals surface area (Å²) in [6.07, 6.45) is 1.90. The van der Waals surface area contributed by atoms with E-state index in [1.807, 2.05) is 6.08 Å². The third-order valence-corrected chi connectivity index (χ3v) is 5.91. The normalized spacial score (nSPS) is 23.4. The van der Waals surface area contributed by atoms with Gasteiger partial charge in [-0.05, 0) is 0 Å². The molecule has 0 fully saturated rings. The first-order chi connectivity index (χ1) is 4.81. The molecule has 1 heterocycles. The van der Waals surface area contributed by atoms with E-state index in [0.717, 1.165) is 0 Å². The van der Waals surface area contributed by atoms with Gasteiger partial charge in [-0.2, -0.15) is 0 Å². The lowest BCUT2D eigenvalue weighted by Gasteiger charge is -2.16. The Morgan fingerprint density at radius 2 is 1.91 bits per heavy atom. The molecule has 0 saturated carbocycles. The van der Waals surface area contributed by atoms with Crippen molar-refractivity contribution in [1.29, 1.82) is 0 Å². The third-order valence-electron chi connectivity index (χ3n) is 1.92. The number of hydrogen-bond acceptors (Lipinski definition) is 2. The zero-order chi connectivity index (χ0) is 8.70. The van der Waals surface area contributed by atoms with Gasteiger partial charge in [0, 0.05) is 0 Å². The van der Waals surface area contributed by atoms with Crippen LogP contribution in [-0.4, -0.2) is 28.0 Å². The number of sulfone groups is 1. The van der Waals surface area contributed by atoms with E-state index in [1.165, 1.54) is 5.20 Å². The van der Waals surface area contributed by atoms with Crippen LogP contribution in [0.3, 0.4) is 0 Å². The van der Waals surface area contributed by atoms with Crippen molar-refractivity contribution in [3.8, 4) is 0 Å². The first-order valence-electron chi connectivity index (χ1n) is 3.71. The molecule has 2 nitrogen and oxygen atoms in total. The van der Waals surface area contributed by atoms with Crippen LogP contribution in [0.2, 0.25) is 19.6 Å². The van der Waals surface area contributed by atoms with Crippen LogP contribution in [0.4, 0.5) is 0 Å². The van der Waals surface area contributed by atoms with Crippen LogP contribution in [0, 0.1) is 0 Å². The van der Waals surface area contributed by atoms with Crippen molar-refractivity contribution < 1.29 is 8.42 Å². The van der Waals surface area contributed by atoms with Crippen molar-refractivity contribution in [1.82, 2.24) is 0 Å².